The fourth-order valence-corrected chi connectivity index (χ4v) is 4.20. The van der Waals surface area contributed by atoms with E-state index in [9.17, 15) is 10.2 Å². The molecule has 1 aliphatic carbocycles. The van der Waals surface area contributed by atoms with Crippen LogP contribution in [0.15, 0.2) is 23.8 Å². The van der Waals surface area contributed by atoms with Crippen LogP contribution in [-0.2, 0) is 6.42 Å². The topological polar surface area (TPSA) is 49.7 Å². The number of phenols is 1. The van der Waals surface area contributed by atoms with Gasteiger partial charge in [-0.1, -0.05) is 31.4 Å². The first-order chi connectivity index (χ1) is 11.3. The average molecular weight is 330 g/mol. The molecule has 0 saturated heterocycles. The monoisotopic (exact) mass is 330 g/mol. The number of aliphatic hydroxyl groups is 1. The molecule has 24 heavy (non-hydrogen) atoms. The minimum absolute atomic E-state index is 0.213. The van der Waals surface area contributed by atoms with Gasteiger partial charge >= 0.3 is 0 Å². The summed E-state index contributed by atoms with van der Waals surface area (Å²) >= 11 is 0. The minimum Gasteiger partial charge on any atom is -0.507 e. The maximum absolute atomic E-state index is 11.4. The summed E-state index contributed by atoms with van der Waals surface area (Å²) in [7, 11) is 0. The number of hydrogen-bond donors (Lipinski definition) is 2. The van der Waals surface area contributed by atoms with Crippen molar-refractivity contribution in [2.45, 2.75) is 83.3 Å². The van der Waals surface area contributed by atoms with Crippen LogP contribution in [0.3, 0.4) is 0 Å². The number of allylic oxidation sites excluding steroid dienone is 1. The van der Waals surface area contributed by atoms with Crippen LogP contribution in [0.4, 0.5) is 0 Å². The van der Waals surface area contributed by atoms with E-state index in [1.54, 1.807) is 0 Å². The van der Waals surface area contributed by atoms with Gasteiger partial charge in [-0.2, -0.15) is 0 Å². The molecule has 1 heterocycles. The van der Waals surface area contributed by atoms with Crippen LogP contribution >= 0.6 is 0 Å². The molecule has 3 heteroatoms. The lowest BCUT2D eigenvalue weighted by Gasteiger charge is -2.52. The zero-order valence-electron chi connectivity index (χ0n) is 15.4. The molecule has 2 N–H and O–H groups in total. The van der Waals surface area contributed by atoms with Gasteiger partial charge in [0.1, 0.15) is 22.7 Å². The van der Waals surface area contributed by atoms with Gasteiger partial charge in [-0.25, -0.2) is 0 Å². The summed E-state index contributed by atoms with van der Waals surface area (Å²) in [5.41, 5.74) is 1.45. The van der Waals surface area contributed by atoms with Crippen molar-refractivity contribution in [2.24, 2.45) is 0 Å². The van der Waals surface area contributed by atoms with Gasteiger partial charge in [0.15, 0.2) is 0 Å². The second kappa shape index (κ2) is 6.11. The highest BCUT2D eigenvalue weighted by Gasteiger charge is 2.56. The van der Waals surface area contributed by atoms with Gasteiger partial charge in [-0.3, -0.25) is 0 Å². The summed E-state index contributed by atoms with van der Waals surface area (Å²) in [6.07, 6.45) is 8.07. The first-order valence-corrected chi connectivity index (χ1v) is 9.23. The number of phenolic OH excluding ortho intramolecular Hbond substituents is 1. The van der Waals surface area contributed by atoms with Crippen molar-refractivity contribution < 1.29 is 14.9 Å². The molecule has 0 unspecified atom stereocenters. The van der Waals surface area contributed by atoms with E-state index in [0.29, 0.717) is 6.42 Å². The summed E-state index contributed by atoms with van der Waals surface area (Å²) < 4.78 is 6.22. The van der Waals surface area contributed by atoms with Crippen molar-refractivity contribution in [1.29, 1.82) is 0 Å². The van der Waals surface area contributed by atoms with Crippen LogP contribution < -0.4 is 4.74 Å². The zero-order valence-corrected chi connectivity index (χ0v) is 15.4. The third-order valence-electron chi connectivity index (χ3n) is 5.83. The number of benzene rings is 1. The van der Waals surface area contributed by atoms with Crippen LogP contribution in [0.5, 0.6) is 11.5 Å². The molecule has 0 spiro atoms. The molecule has 2 atom stereocenters. The van der Waals surface area contributed by atoms with Gasteiger partial charge in [-0.15, -0.1) is 0 Å². The standard InChI is InChI=1S/C21H30O3/c1-5-6-7-8-15-12-17(22)19-16-11-14(2)9-10-21(16,23)20(3,4)24-18(19)13-15/h11-13,16,22-23H,5-10H2,1-4H3/t16-,21-/m0/s1. The van der Waals surface area contributed by atoms with E-state index in [1.807, 2.05) is 19.9 Å². The number of rotatable bonds is 4. The Kier molecular flexibility index (Phi) is 4.41. The molecule has 0 amide bonds. The first kappa shape index (κ1) is 17.3. The largest absolute Gasteiger partial charge is 0.507 e. The van der Waals surface area contributed by atoms with Gasteiger partial charge in [0.05, 0.1) is 0 Å². The molecule has 0 bridgehead atoms. The Morgan fingerprint density at radius 2 is 2.00 bits per heavy atom. The number of hydrogen-bond acceptors (Lipinski definition) is 3. The SMILES string of the molecule is CCCCCc1cc(O)c2c(c1)OC(C)(C)[C@]1(O)CCC(C)=C[C@@H]21. The molecule has 3 nitrogen and oxygen atoms in total. The van der Waals surface area contributed by atoms with Crippen LogP contribution in [-0.4, -0.2) is 21.4 Å². The van der Waals surface area contributed by atoms with Crippen molar-refractivity contribution >= 4 is 0 Å². The fourth-order valence-electron chi connectivity index (χ4n) is 4.20. The molecule has 0 saturated carbocycles. The van der Waals surface area contributed by atoms with Gasteiger partial charge in [0.25, 0.3) is 0 Å². The second-order valence-electron chi connectivity index (χ2n) is 8.01. The van der Waals surface area contributed by atoms with Gasteiger partial charge in [-0.05, 0) is 64.2 Å². The number of ether oxygens (including phenoxy) is 1. The van der Waals surface area contributed by atoms with Gasteiger partial charge in [0, 0.05) is 11.5 Å². The van der Waals surface area contributed by atoms with E-state index in [1.165, 1.54) is 18.4 Å². The Bertz CT molecular complexity index is 659. The summed E-state index contributed by atoms with van der Waals surface area (Å²) in [5, 5.41) is 22.1. The Hall–Kier alpha value is -1.48. The molecule has 3 rings (SSSR count). The smallest absolute Gasteiger partial charge is 0.133 e. The van der Waals surface area contributed by atoms with Crippen molar-refractivity contribution in [3.63, 3.8) is 0 Å². The molecular weight excluding hydrogens is 300 g/mol. The second-order valence-corrected chi connectivity index (χ2v) is 8.01. The predicted molar refractivity (Wildman–Crippen MR) is 96.7 cm³/mol. The van der Waals surface area contributed by atoms with Gasteiger partial charge < -0.3 is 14.9 Å². The van der Waals surface area contributed by atoms with E-state index < -0.39 is 11.2 Å². The lowest BCUT2D eigenvalue weighted by atomic mass is 9.64. The van der Waals surface area contributed by atoms with Crippen LogP contribution in [0.1, 0.15) is 76.8 Å². The minimum atomic E-state index is -0.985. The first-order valence-electron chi connectivity index (χ1n) is 9.23. The molecule has 0 radical (unpaired) electrons. The maximum Gasteiger partial charge on any atom is 0.133 e. The Balaban J connectivity index is 2.05. The van der Waals surface area contributed by atoms with Crippen molar-refractivity contribution in [1.82, 2.24) is 0 Å². The van der Waals surface area contributed by atoms with Crippen LogP contribution in [0.25, 0.3) is 0 Å². The van der Waals surface area contributed by atoms with E-state index in [0.717, 1.165) is 36.1 Å². The predicted octanol–water partition coefficient (Wildman–Crippen LogP) is 4.85. The fraction of sp³-hybridized carbons (Fsp3) is 0.619. The molecule has 1 aliphatic heterocycles. The summed E-state index contributed by atoms with van der Waals surface area (Å²) in [6, 6.07) is 3.91. The number of fused-ring (bicyclic) bond motifs is 3. The van der Waals surface area contributed by atoms with Crippen LogP contribution in [0.2, 0.25) is 0 Å². The summed E-state index contributed by atoms with van der Waals surface area (Å²) in [4.78, 5) is 0. The molecule has 1 aromatic rings. The van der Waals surface area contributed by atoms with Crippen LogP contribution in [0, 0.1) is 0 Å². The van der Waals surface area contributed by atoms with Crippen molar-refractivity contribution in [2.75, 3.05) is 0 Å². The molecule has 1 aromatic carbocycles. The number of aryl methyl sites for hydroxylation is 1. The van der Waals surface area contributed by atoms with E-state index in [4.69, 9.17) is 4.74 Å². The third-order valence-corrected chi connectivity index (χ3v) is 5.83. The molecule has 132 valence electrons. The highest BCUT2D eigenvalue weighted by Crippen LogP contribution is 2.55. The summed E-state index contributed by atoms with van der Waals surface area (Å²) in [5.74, 6) is 0.769. The summed E-state index contributed by atoms with van der Waals surface area (Å²) in [6.45, 7) is 8.20. The Morgan fingerprint density at radius 3 is 2.71 bits per heavy atom. The highest BCUT2D eigenvalue weighted by molar-refractivity contribution is 5.55. The Labute approximate surface area is 145 Å². The van der Waals surface area contributed by atoms with E-state index in [-0.39, 0.29) is 11.7 Å². The zero-order chi connectivity index (χ0) is 17.5. The lowest BCUT2D eigenvalue weighted by molar-refractivity contribution is -0.144. The van der Waals surface area contributed by atoms with E-state index >= 15 is 0 Å². The molecule has 2 aliphatic rings. The molecular formula is C21H30O3. The average Bonchev–Trinajstić information content (AvgIpc) is 2.49. The quantitative estimate of drug-likeness (QED) is 0.613. The third kappa shape index (κ3) is 2.73. The van der Waals surface area contributed by atoms with E-state index in [2.05, 4.69) is 26.0 Å². The normalized spacial score (nSPS) is 27.7. The van der Waals surface area contributed by atoms with Crippen molar-refractivity contribution in [3.8, 4) is 11.5 Å². The van der Waals surface area contributed by atoms with Gasteiger partial charge in [0.2, 0.25) is 0 Å². The molecule has 0 fully saturated rings. The lowest BCUT2D eigenvalue weighted by Crippen LogP contribution is -2.60. The number of unbranched alkanes of at least 4 members (excludes halogenated alkanes) is 2. The van der Waals surface area contributed by atoms with Crippen molar-refractivity contribution in [3.05, 3.63) is 34.9 Å². The molecule has 0 aromatic heterocycles. The maximum atomic E-state index is 11.4. The highest BCUT2D eigenvalue weighted by atomic mass is 16.5. The Morgan fingerprint density at radius 1 is 1.25 bits per heavy atom. The number of aromatic hydroxyl groups is 1.